The third-order valence-corrected chi connectivity index (χ3v) is 6.46. The molecule has 0 heterocycles. The highest BCUT2D eigenvalue weighted by Gasteiger charge is 2.35. The molecule has 6 heteroatoms. The minimum atomic E-state index is -3.49. The van der Waals surface area contributed by atoms with Gasteiger partial charge in [0.1, 0.15) is 0 Å². The smallest absolute Gasteiger partial charge is 0.207 e. The number of alkyl halides is 1. The van der Waals surface area contributed by atoms with Crippen LogP contribution < -0.4 is 4.72 Å². The Kier molecular flexibility index (Phi) is 4.93. The molecule has 1 saturated carbocycles. The second-order valence-corrected chi connectivity index (χ2v) is 7.71. The lowest BCUT2D eigenvalue weighted by molar-refractivity contribution is 0.301. The Morgan fingerprint density at radius 2 is 1.74 bits per heavy atom. The summed E-state index contributed by atoms with van der Waals surface area (Å²) in [7, 11) is -3.49. The Hall–Kier alpha value is -0.100. The molecule has 106 valence electrons. The molecule has 0 spiro atoms. The van der Waals surface area contributed by atoms with Crippen LogP contribution in [-0.2, 0) is 10.0 Å². The van der Waals surface area contributed by atoms with Crippen LogP contribution in [0.2, 0.25) is 5.02 Å². The zero-order chi connectivity index (χ0) is 13.9. The fourth-order valence-corrected chi connectivity index (χ4v) is 4.92. The summed E-state index contributed by atoms with van der Waals surface area (Å²) in [6.07, 6.45) is 5.07. The van der Waals surface area contributed by atoms with E-state index in [9.17, 15) is 8.42 Å². The van der Waals surface area contributed by atoms with E-state index in [-0.39, 0.29) is 10.4 Å². The molecule has 3 nitrogen and oxygen atoms in total. The molecule has 0 amide bonds. The van der Waals surface area contributed by atoms with Crippen LogP contribution in [0.4, 0.5) is 0 Å². The van der Waals surface area contributed by atoms with E-state index in [4.69, 9.17) is 11.6 Å². The van der Waals surface area contributed by atoms with E-state index in [0.29, 0.717) is 10.4 Å². The van der Waals surface area contributed by atoms with Crippen LogP contribution in [0.15, 0.2) is 29.2 Å². The third kappa shape index (κ3) is 3.72. The van der Waals surface area contributed by atoms with Crippen molar-refractivity contribution in [3.05, 3.63) is 29.3 Å². The monoisotopic (exact) mass is 365 g/mol. The van der Waals surface area contributed by atoms with Crippen molar-refractivity contribution >= 4 is 37.6 Å². The third-order valence-electron chi connectivity index (χ3n) is 3.54. The van der Waals surface area contributed by atoms with E-state index in [1.165, 1.54) is 18.6 Å². The van der Waals surface area contributed by atoms with Crippen molar-refractivity contribution in [2.45, 2.75) is 42.5 Å². The van der Waals surface area contributed by atoms with Gasteiger partial charge in [-0.1, -0.05) is 46.8 Å². The van der Waals surface area contributed by atoms with E-state index in [1.807, 2.05) is 0 Å². The number of benzene rings is 1. The standard InChI is InChI=1S/C13H17BrClNO2S/c14-10-13(8-2-1-3-9-13)16-19(17,18)12-6-4-11(15)5-7-12/h4-7,16H,1-3,8-10H2. The van der Waals surface area contributed by atoms with Crippen molar-refractivity contribution in [2.24, 2.45) is 0 Å². The van der Waals surface area contributed by atoms with Crippen molar-refractivity contribution < 1.29 is 8.42 Å². The van der Waals surface area contributed by atoms with Gasteiger partial charge in [-0.05, 0) is 37.1 Å². The van der Waals surface area contributed by atoms with Gasteiger partial charge < -0.3 is 0 Å². The Bertz CT molecular complexity index is 524. The summed E-state index contributed by atoms with van der Waals surface area (Å²) in [4.78, 5) is 0.266. The molecular formula is C13H17BrClNO2S. The Balaban J connectivity index is 2.22. The quantitative estimate of drug-likeness (QED) is 0.826. The number of rotatable bonds is 4. The van der Waals surface area contributed by atoms with E-state index >= 15 is 0 Å². The largest absolute Gasteiger partial charge is 0.241 e. The number of hydrogen-bond acceptors (Lipinski definition) is 2. The van der Waals surface area contributed by atoms with Crippen LogP contribution in [0.25, 0.3) is 0 Å². The first-order chi connectivity index (χ1) is 8.97. The molecule has 0 radical (unpaired) electrons. The molecule has 1 aromatic carbocycles. The Morgan fingerprint density at radius 3 is 2.26 bits per heavy atom. The minimum absolute atomic E-state index is 0.266. The zero-order valence-corrected chi connectivity index (χ0v) is 13.7. The molecular weight excluding hydrogens is 350 g/mol. The maximum Gasteiger partial charge on any atom is 0.241 e. The number of sulfonamides is 1. The fraction of sp³-hybridized carbons (Fsp3) is 0.538. The summed E-state index contributed by atoms with van der Waals surface area (Å²) in [5.41, 5.74) is -0.350. The van der Waals surface area contributed by atoms with Crippen LogP contribution in [0, 0.1) is 0 Å². The first-order valence-electron chi connectivity index (χ1n) is 6.33. The fourth-order valence-electron chi connectivity index (χ4n) is 2.45. The van der Waals surface area contributed by atoms with E-state index in [2.05, 4.69) is 20.7 Å². The van der Waals surface area contributed by atoms with Crippen molar-refractivity contribution in [1.29, 1.82) is 0 Å². The molecule has 0 saturated heterocycles. The average Bonchev–Trinajstić information content (AvgIpc) is 2.40. The van der Waals surface area contributed by atoms with Gasteiger partial charge in [0.15, 0.2) is 0 Å². The van der Waals surface area contributed by atoms with Crippen LogP contribution in [0.5, 0.6) is 0 Å². The molecule has 0 atom stereocenters. The topological polar surface area (TPSA) is 46.2 Å². The number of nitrogens with one attached hydrogen (secondary N) is 1. The zero-order valence-electron chi connectivity index (χ0n) is 10.5. The van der Waals surface area contributed by atoms with Crippen LogP contribution in [-0.4, -0.2) is 19.3 Å². The summed E-state index contributed by atoms with van der Waals surface area (Å²) in [6.45, 7) is 0. The molecule has 1 aromatic rings. The van der Waals surface area contributed by atoms with E-state index < -0.39 is 10.0 Å². The van der Waals surface area contributed by atoms with E-state index in [0.717, 1.165) is 25.7 Å². The number of halogens is 2. The minimum Gasteiger partial charge on any atom is -0.207 e. The van der Waals surface area contributed by atoms with Crippen LogP contribution >= 0.6 is 27.5 Å². The Morgan fingerprint density at radius 1 is 1.16 bits per heavy atom. The summed E-state index contributed by atoms with van der Waals surface area (Å²) < 4.78 is 27.7. The van der Waals surface area contributed by atoms with Gasteiger partial charge in [0.25, 0.3) is 0 Å². The van der Waals surface area contributed by atoms with Crippen molar-refractivity contribution in [2.75, 3.05) is 5.33 Å². The van der Waals surface area contributed by atoms with Crippen molar-refractivity contribution in [3.8, 4) is 0 Å². The molecule has 0 bridgehead atoms. The second-order valence-electron chi connectivity index (χ2n) is 5.03. The van der Waals surface area contributed by atoms with E-state index in [1.54, 1.807) is 12.1 Å². The van der Waals surface area contributed by atoms with Gasteiger partial charge in [0.05, 0.1) is 4.90 Å². The molecule has 1 N–H and O–H groups in total. The van der Waals surface area contributed by atoms with Gasteiger partial charge in [0, 0.05) is 15.9 Å². The summed E-state index contributed by atoms with van der Waals surface area (Å²) in [5, 5.41) is 1.18. The molecule has 1 fully saturated rings. The molecule has 0 aliphatic heterocycles. The summed E-state index contributed by atoms with van der Waals surface area (Å²) in [5.74, 6) is 0. The van der Waals surface area contributed by atoms with Gasteiger partial charge >= 0.3 is 0 Å². The highest BCUT2D eigenvalue weighted by molar-refractivity contribution is 9.09. The lowest BCUT2D eigenvalue weighted by atomic mass is 9.84. The van der Waals surface area contributed by atoms with Gasteiger partial charge in [-0.3, -0.25) is 0 Å². The SMILES string of the molecule is O=S(=O)(NC1(CBr)CCCCC1)c1ccc(Cl)cc1. The predicted molar refractivity (Wildman–Crippen MR) is 81.4 cm³/mol. The first-order valence-corrected chi connectivity index (χ1v) is 9.31. The summed E-state index contributed by atoms with van der Waals surface area (Å²) in [6, 6.07) is 6.26. The lowest BCUT2D eigenvalue weighted by Gasteiger charge is -2.36. The molecule has 19 heavy (non-hydrogen) atoms. The van der Waals surface area contributed by atoms with Gasteiger partial charge in [-0.2, -0.15) is 0 Å². The first kappa shape index (κ1) is 15.3. The highest BCUT2D eigenvalue weighted by atomic mass is 79.9. The maximum absolute atomic E-state index is 12.4. The average molecular weight is 367 g/mol. The summed E-state index contributed by atoms with van der Waals surface area (Å²) >= 11 is 9.24. The van der Waals surface area contributed by atoms with Gasteiger partial charge in [-0.25, -0.2) is 13.1 Å². The second kappa shape index (κ2) is 6.12. The van der Waals surface area contributed by atoms with Gasteiger partial charge in [-0.15, -0.1) is 0 Å². The predicted octanol–water partition coefficient (Wildman–Crippen LogP) is 3.72. The number of hydrogen-bond donors (Lipinski definition) is 1. The molecule has 0 aromatic heterocycles. The molecule has 0 unspecified atom stereocenters. The van der Waals surface area contributed by atoms with Crippen molar-refractivity contribution in [3.63, 3.8) is 0 Å². The highest BCUT2D eigenvalue weighted by Crippen LogP contribution is 2.31. The lowest BCUT2D eigenvalue weighted by Crippen LogP contribution is -2.51. The molecule has 1 aliphatic carbocycles. The normalized spacial score (nSPS) is 19.3. The Labute approximate surface area is 127 Å². The molecule has 2 rings (SSSR count). The van der Waals surface area contributed by atoms with Gasteiger partial charge in [0.2, 0.25) is 10.0 Å². The maximum atomic E-state index is 12.4. The molecule has 1 aliphatic rings. The van der Waals surface area contributed by atoms with Crippen LogP contribution in [0.1, 0.15) is 32.1 Å². The van der Waals surface area contributed by atoms with Crippen LogP contribution in [0.3, 0.4) is 0 Å². The van der Waals surface area contributed by atoms with Crippen molar-refractivity contribution in [1.82, 2.24) is 4.72 Å².